The van der Waals surface area contributed by atoms with Crippen LogP contribution in [0.1, 0.15) is 0 Å². The molecule has 2 rings (SSSR count). The first-order valence-corrected chi connectivity index (χ1v) is 7.57. The van der Waals surface area contributed by atoms with Crippen molar-refractivity contribution in [3.63, 3.8) is 0 Å². The average molecular weight is 194 g/mol. The average Bonchev–Trinajstić information content (AvgIpc) is 2.07. The Balaban J connectivity index is 0.0000000922. The molecule has 0 amide bonds. The monoisotopic (exact) mass is 194 g/mol. The highest BCUT2D eigenvalue weighted by Gasteiger charge is 1.98. The van der Waals surface area contributed by atoms with Gasteiger partial charge in [0.25, 0.3) is 0 Å². The molecule has 0 radical (unpaired) electrons. The quantitative estimate of drug-likeness (QED) is 0.538. The van der Waals surface area contributed by atoms with E-state index < -0.39 is 0 Å². The normalized spacial score (nSPS) is 20.4. The highest BCUT2D eigenvalue weighted by molar-refractivity contribution is 9.30. The molecule has 0 aromatic carbocycles. The Morgan fingerprint density at radius 2 is 1.22 bits per heavy atom. The van der Waals surface area contributed by atoms with E-state index in [9.17, 15) is 0 Å². The van der Waals surface area contributed by atoms with E-state index in [-0.39, 0.29) is 0 Å². The van der Waals surface area contributed by atoms with Crippen molar-refractivity contribution in [2.45, 2.75) is 0 Å². The molecule has 1 heterocycles. The van der Waals surface area contributed by atoms with Gasteiger partial charge in [-0.2, -0.15) is 0 Å². The van der Waals surface area contributed by atoms with Gasteiger partial charge in [0, 0.05) is 0 Å². The number of hydrogen-bond acceptors (Lipinski definition) is 4. The van der Waals surface area contributed by atoms with Crippen molar-refractivity contribution in [2.75, 3.05) is 5.08 Å². The summed E-state index contributed by atoms with van der Waals surface area (Å²) in [5, 5.41) is 1.26. The second-order valence-electron chi connectivity index (χ2n) is 1.26. The standard InChI is InChI=1S/C4H4.CH2S4/c1-2-4-3-1;1-2-4-5-3-1/h1-4H;1H2. The second kappa shape index (κ2) is 5.65. The minimum atomic E-state index is 1.26. The molecule has 0 nitrogen and oxygen atoms in total. The molecule has 1 saturated heterocycles. The molecule has 0 bridgehead atoms. The number of allylic oxidation sites excluding steroid dienone is 4. The summed E-state index contributed by atoms with van der Waals surface area (Å²) in [4.78, 5) is 0. The van der Waals surface area contributed by atoms with Crippen LogP contribution < -0.4 is 0 Å². The summed E-state index contributed by atoms with van der Waals surface area (Å²) in [6.07, 6.45) is 8.00. The summed E-state index contributed by atoms with van der Waals surface area (Å²) in [7, 11) is 7.57. The van der Waals surface area contributed by atoms with Gasteiger partial charge in [0.15, 0.2) is 0 Å². The van der Waals surface area contributed by atoms with Gasteiger partial charge in [0.05, 0.1) is 5.08 Å². The first kappa shape index (κ1) is 7.98. The molecule has 0 unspecified atom stereocenters. The Hall–Kier alpha value is 0.880. The van der Waals surface area contributed by atoms with Crippen LogP contribution in [0.3, 0.4) is 0 Å². The smallest absolute Gasteiger partial charge is 0.0616 e. The van der Waals surface area contributed by atoms with Crippen LogP contribution >= 0.6 is 41.2 Å². The first-order chi connectivity index (χ1) is 4.50. The lowest BCUT2D eigenvalue weighted by Crippen LogP contribution is -1.55. The van der Waals surface area contributed by atoms with E-state index in [0.717, 1.165) is 0 Å². The summed E-state index contributed by atoms with van der Waals surface area (Å²) < 4.78 is 0. The van der Waals surface area contributed by atoms with Crippen molar-refractivity contribution in [2.24, 2.45) is 0 Å². The summed E-state index contributed by atoms with van der Waals surface area (Å²) >= 11 is 0. The topological polar surface area (TPSA) is 0 Å². The third-order valence-corrected chi connectivity index (χ3v) is 7.89. The molecule has 9 heavy (non-hydrogen) atoms. The lowest BCUT2D eigenvalue weighted by molar-refractivity contribution is 1.81. The zero-order valence-corrected chi connectivity index (χ0v) is 7.92. The molecular formula is C5H6S4. The molecule has 1 aliphatic carbocycles. The number of rotatable bonds is 0. The van der Waals surface area contributed by atoms with Gasteiger partial charge < -0.3 is 0 Å². The van der Waals surface area contributed by atoms with Gasteiger partial charge in [0.2, 0.25) is 0 Å². The zero-order chi connectivity index (χ0) is 6.36. The third-order valence-electron chi connectivity index (χ3n) is 0.665. The maximum absolute atomic E-state index is 2.00. The van der Waals surface area contributed by atoms with Gasteiger partial charge in [-0.3, -0.25) is 0 Å². The number of hydrogen-bond donors (Lipinski definition) is 0. The molecule has 50 valence electrons. The molecule has 0 atom stereocenters. The van der Waals surface area contributed by atoms with Crippen molar-refractivity contribution in [1.29, 1.82) is 0 Å². The zero-order valence-electron chi connectivity index (χ0n) is 4.65. The van der Waals surface area contributed by atoms with E-state index in [4.69, 9.17) is 0 Å². The summed E-state index contributed by atoms with van der Waals surface area (Å²) in [6, 6.07) is 0. The SMILES string of the molecule is C1=CC=C1.C1SSSS1. The molecule has 2 aliphatic rings. The third kappa shape index (κ3) is 4.31. The minimum Gasteiger partial charge on any atom is -0.0698 e. The predicted molar refractivity (Wildman–Crippen MR) is 53.5 cm³/mol. The van der Waals surface area contributed by atoms with Crippen LogP contribution in [0.15, 0.2) is 24.3 Å². The molecule has 0 spiro atoms. The van der Waals surface area contributed by atoms with E-state index in [1.807, 2.05) is 65.5 Å². The maximum Gasteiger partial charge on any atom is 0.0616 e. The molecule has 1 fully saturated rings. The van der Waals surface area contributed by atoms with Crippen molar-refractivity contribution in [1.82, 2.24) is 0 Å². The fourth-order valence-electron chi connectivity index (χ4n) is 0.209. The predicted octanol–water partition coefficient (Wildman–Crippen LogP) is 3.75. The fourth-order valence-corrected chi connectivity index (χ4v) is 8.07. The summed E-state index contributed by atoms with van der Waals surface area (Å²) in [6.45, 7) is 0. The molecule has 0 aromatic heterocycles. The Kier molecular flexibility index (Phi) is 5.01. The van der Waals surface area contributed by atoms with Crippen molar-refractivity contribution < 1.29 is 0 Å². The minimum absolute atomic E-state index is 1.26. The van der Waals surface area contributed by atoms with Crippen LogP contribution in [0.5, 0.6) is 0 Å². The van der Waals surface area contributed by atoms with E-state index in [0.29, 0.717) is 0 Å². The van der Waals surface area contributed by atoms with Crippen LogP contribution in [0.2, 0.25) is 0 Å². The van der Waals surface area contributed by atoms with Crippen LogP contribution in [-0.2, 0) is 0 Å². The highest BCUT2D eigenvalue weighted by atomic mass is 33.7. The van der Waals surface area contributed by atoms with Gasteiger partial charge in [-0.05, 0) is 19.7 Å². The Bertz CT molecular complexity index is 88.5. The summed E-state index contributed by atoms with van der Waals surface area (Å²) in [5.41, 5.74) is 0. The molecule has 4 heteroatoms. The van der Waals surface area contributed by atoms with E-state index in [1.165, 1.54) is 5.08 Å². The fraction of sp³-hybridized carbons (Fsp3) is 0.200. The lowest BCUT2D eigenvalue weighted by Gasteiger charge is -1.77. The van der Waals surface area contributed by atoms with Crippen molar-refractivity contribution >= 4 is 41.2 Å². The second-order valence-corrected chi connectivity index (χ2v) is 7.63. The summed E-state index contributed by atoms with van der Waals surface area (Å²) in [5.74, 6) is 0. The van der Waals surface area contributed by atoms with E-state index in [2.05, 4.69) is 0 Å². The molecule has 0 N–H and O–H groups in total. The molecule has 1 aliphatic heterocycles. The first-order valence-electron chi connectivity index (χ1n) is 2.41. The Morgan fingerprint density at radius 3 is 1.33 bits per heavy atom. The van der Waals surface area contributed by atoms with Gasteiger partial charge in [-0.15, -0.1) is 0 Å². The van der Waals surface area contributed by atoms with Crippen LogP contribution in [0.4, 0.5) is 0 Å². The van der Waals surface area contributed by atoms with E-state index in [1.54, 1.807) is 0 Å². The van der Waals surface area contributed by atoms with Crippen molar-refractivity contribution in [3.8, 4) is 0 Å². The largest absolute Gasteiger partial charge is 0.0698 e. The van der Waals surface area contributed by atoms with Gasteiger partial charge in [-0.1, -0.05) is 45.9 Å². The van der Waals surface area contributed by atoms with Crippen molar-refractivity contribution in [3.05, 3.63) is 24.3 Å². The molecular weight excluding hydrogens is 188 g/mol. The molecule has 0 saturated carbocycles. The van der Waals surface area contributed by atoms with Gasteiger partial charge >= 0.3 is 0 Å². The van der Waals surface area contributed by atoms with E-state index >= 15 is 0 Å². The lowest BCUT2D eigenvalue weighted by atomic mass is 10.3. The highest BCUT2D eigenvalue weighted by Crippen LogP contribution is 2.53. The Morgan fingerprint density at radius 1 is 0.778 bits per heavy atom. The van der Waals surface area contributed by atoms with Gasteiger partial charge in [-0.25, -0.2) is 0 Å². The molecule has 0 aromatic rings. The van der Waals surface area contributed by atoms with Crippen LogP contribution in [0, 0.1) is 0 Å². The maximum atomic E-state index is 2.00. The Labute approximate surface area is 70.5 Å². The van der Waals surface area contributed by atoms with Crippen LogP contribution in [0.25, 0.3) is 0 Å². The van der Waals surface area contributed by atoms with Crippen LogP contribution in [-0.4, -0.2) is 5.08 Å². The van der Waals surface area contributed by atoms with Gasteiger partial charge in [0.1, 0.15) is 0 Å².